The topological polar surface area (TPSA) is 55.0 Å². The number of hydrogen-bond acceptors (Lipinski definition) is 4. The Balaban J connectivity index is 2.20. The summed E-state index contributed by atoms with van der Waals surface area (Å²) in [6.45, 7) is 3.78. The highest BCUT2D eigenvalue weighted by Crippen LogP contribution is 2.23. The van der Waals surface area contributed by atoms with Crippen molar-refractivity contribution in [3.05, 3.63) is 18.0 Å². The van der Waals surface area contributed by atoms with Gasteiger partial charge in [-0.25, -0.2) is 9.97 Å². The van der Waals surface area contributed by atoms with Gasteiger partial charge in [0.05, 0.1) is 5.69 Å². The van der Waals surface area contributed by atoms with E-state index in [-0.39, 0.29) is 0 Å². The van der Waals surface area contributed by atoms with Gasteiger partial charge in [-0.15, -0.1) is 0 Å². The summed E-state index contributed by atoms with van der Waals surface area (Å²) in [4.78, 5) is 11.1. The van der Waals surface area contributed by atoms with Crippen molar-refractivity contribution in [2.45, 2.75) is 38.8 Å². The fourth-order valence-corrected chi connectivity index (χ4v) is 2.16. The lowest BCUT2D eigenvalue weighted by Crippen LogP contribution is -2.30. The predicted octanol–water partition coefficient (Wildman–Crippen LogP) is 1.31. The molecule has 0 amide bonds. The first-order chi connectivity index (χ1) is 7.35. The average Bonchev–Trinajstić information content (AvgIpc) is 2.77. The quantitative estimate of drug-likeness (QED) is 0.810. The summed E-state index contributed by atoms with van der Waals surface area (Å²) in [6.07, 6.45) is 5.47. The van der Waals surface area contributed by atoms with E-state index in [0.717, 1.165) is 24.6 Å². The Morgan fingerprint density at radius 3 is 3.20 bits per heavy atom. The smallest absolute Gasteiger partial charge is 0.225 e. The number of anilines is 1. The SMILES string of the molecule is CCC1CCCN1c1nccc(CN)n1. The molecule has 4 nitrogen and oxygen atoms in total. The zero-order valence-corrected chi connectivity index (χ0v) is 9.19. The van der Waals surface area contributed by atoms with Crippen molar-refractivity contribution in [1.82, 2.24) is 9.97 Å². The van der Waals surface area contributed by atoms with Gasteiger partial charge in [0, 0.05) is 25.3 Å². The largest absolute Gasteiger partial charge is 0.338 e. The number of aromatic nitrogens is 2. The van der Waals surface area contributed by atoms with Crippen LogP contribution in [0.25, 0.3) is 0 Å². The molecule has 4 heteroatoms. The number of nitrogens with zero attached hydrogens (tertiary/aromatic N) is 3. The van der Waals surface area contributed by atoms with Gasteiger partial charge in [-0.05, 0) is 25.3 Å². The first-order valence-corrected chi connectivity index (χ1v) is 5.63. The molecule has 2 N–H and O–H groups in total. The Hall–Kier alpha value is -1.16. The van der Waals surface area contributed by atoms with Gasteiger partial charge in [-0.3, -0.25) is 0 Å². The maximum absolute atomic E-state index is 5.58. The van der Waals surface area contributed by atoms with E-state index in [4.69, 9.17) is 5.73 Å². The van der Waals surface area contributed by atoms with E-state index in [9.17, 15) is 0 Å². The molecule has 0 spiro atoms. The highest BCUT2D eigenvalue weighted by molar-refractivity contribution is 5.33. The molecular formula is C11H18N4. The first-order valence-electron chi connectivity index (χ1n) is 5.63. The lowest BCUT2D eigenvalue weighted by atomic mass is 10.2. The van der Waals surface area contributed by atoms with Gasteiger partial charge in [0.2, 0.25) is 5.95 Å². The molecule has 0 radical (unpaired) electrons. The third-order valence-corrected chi connectivity index (χ3v) is 3.01. The maximum Gasteiger partial charge on any atom is 0.225 e. The Labute approximate surface area is 90.5 Å². The van der Waals surface area contributed by atoms with Crippen LogP contribution in [0.3, 0.4) is 0 Å². The normalized spacial score (nSPS) is 20.9. The molecule has 1 atom stereocenters. The second kappa shape index (κ2) is 4.57. The fraction of sp³-hybridized carbons (Fsp3) is 0.636. The Bertz CT molecular complexity index is 326. The molecule has 1 fully saturated rings. The Morgan fingerprint density at radius 2 is 2.47 bits per heavy atom. The summed E-state index contributed by atoms with van der Waals surface area (Å²) in [6, 6.07) is 2.48. The van der Waals surface area contributed by atoms with Crippen LogP contribution < -0.4 is 10.6 Å². The molecule has 2 heterocycles. The minimum Gasteiger partial charge on any atom is -0.338 e. The lowest BCUT2D eigenvalue weighted by molar-refractivity contribution is 0.633. The van der Waals surface area contributed by atoms with Gasteiger partial charge in [0.15, 0.2) is 0 Å². The molecule has 2 rings (SSSR count). The highest BCUT2D eigenvalue weighted by Gasteiger charge is 2.24. The van der Waals surface area contributed by atoms with Crippen molar-refractivity contribution in [2.24, 2.45) is 5.73 Å². The van der Waals surface area contributed by atoms with Crippen molar-refractivity contribution in [3.63, 3.8) is 0 Å². The van der Waals surface area contributed by atoms with Gasteiger partial charge in [0.1, 0.15) is 0 Å². The average molecular weight is 206 g/mol. The van der Waals surface area contributed by atoms with Crippen molar-refractivity contribution in [1.29, 1.82) is 0 Å². The standard InChI is InChI=1S/C11H18N4/c1-2-10-4-3-7-15(10)11-13-6-5-9(8-12)14-11/h5-6,10H,2-4,7-8,12H2,1H3. The summed E-state index contributed by atoms with van der Waals surface area (Å²) in [5, 5.41) is 0. The van der Waals surface area contributed by atoms with Crippen molar-refractivity contribution >= 4 is 5.95 Å². The van der Waals surface area contributed by atoms with E-state index in [1.807, 2.05) is 6.07 Å². The minimum atomic E-state index is 0.486. The maximum atomic E-state index is 5.58. The van der Waals surface area contributed by atoms with E-state index in [1.54, 1.807) is 6.20 Å². The van der Waals surface area contributed by atoms with Crippen LogP contribution in [-0.4, -0.2) is 22.6 Å². The summed E-state index contributed by atoms with van der Waals surface area (Å²) < 4.78 is 0. The molecule has 1 aromatic rings. The molecule has 0 saturated carbocycles. The molecule has 0 bridgehead atoms. The number of hydrogen-bond donors (Lipinski definition) is 1. The first kappa shape index (κ1) is 10.4. The molecule has 1 aliphatic heterocycles. The van der Waals surface area contributed by atoms with Crippen molar-refractivity contribution < 1.29 is 0 Å². The molecule has 1 saturated heterocycles. The Morgan fingerprint density at radius 1 is 1.60 bits per heavy atom. The van der Waals surface area contributed by atoms with Gasteiger partial charge in [0.25, 0.3) is 0 Å². The lowest BCUT2D eigenvalue weighted by Gasteiger charge is -2.23. The summed E-state index contributed by atoms with van der Waals surface area (Å²) in [5.41, 5.74) is 6.49. The van der Waals surface area contributed by atoms with Crippen LogP contribution in [0.15, 0.2) is 12.3 Å². The molecule has 1 aromatic heterocycles. The predicted molar refractivity (Wildman–Crippen MR) is 60.6 cm³/mol. The molecule has 1 unspecified atom stereocenters. The summed E-state index contributed by atoms with van der Waals surface area (Å²) in [5.74, 6) is 0.849. The zero-order valence-electron chi connectivity index (χ0n) is 9.19. The zero-order chi connectivity index (χ0) is 10.7. The van der Waals surface area contributed by atoms with Crippen LogP contribution in [0.1, 0.15) is 31.9 Å². The second-order valence-electron chi connectivity index (χ2n) is 3.95. The van der Waals surface area contributed by atoms with Gasteiger partial charge < -0.3 is 10.6 Å². The minimum absolute atomic E-state index is 0.486. The van der Waals surface area contributed by atoms with Gasteiger partial charge >= 0.3 is 0 Å². The molecule has 1 aliphatic rings. The molecule has 82 valence electrons. The third kappa shape index (κ3) is 2.09. The monoisotopic (exact) mass is 206 g/mol. The molecular weight excluding hydrogens is 188 g/mol. The Kier molecular flexibility index (Phi) is 3.16. The van der Waals surface area contributed by atoms with E-state index >= 15 is 0 Å². The van der Waals surface area contributed by atoms with Crippen LogP contribution in [-0.2, 0) is 6.54 Å². The number of nitrogens with two attached hydrogens (primary N) is 1. The van der Waals surface area contributed by atoms with Crippen LogP contribution in [0.4, 0.5) is 5.95 Å². The molecule has 0 aromatic carbocycles. The third-order valence-electron chi connectivity index (χ3n) is 3.01. The van der Waals surface area contributed by atoms with Crippen LogP contribution >= 0.6 is 0 Å². The van der Waals surface area contributed by atoms with Crippen LogP contribution in [0.5, 0.6) is 0 Å². The number of rotatable bonds is 3. The van der Waals surface area contributed by atoms with Crippen LogP contribution in [0, 0.1) is 0 Å². The second-order valence-corrected chi connectivity index (χ2v) is 3.95. The van der Waals surface area contributed by atoms with Crippen LogP contribution in [0.2, 0.25) is 0 Å². The van der Waals surface area contributed by atoms with E-state index in [2.05, 4.69) is 21.8 Å². The summed E-state index contributed by atoms with van der Waals surface area (Å²) >= 11 is 0. The highest BCUT2D eigenvalue weighted by atomic mass is 15.3. The van der Waals surface area contributed by atoms with E-state index in [1.165, 1.54) is 12.8 Å². The summed E-state index contributed by atoms with van der Waals surface area (Å²) in [7, 11) is 0. The van der Waals surface area contributed by atoms with Crippen molar-refractivity contribution in [3.8, 4) is 0 Å². The van der Waals surface area contributed by atoms with Crippen molar-refractivity contribution in [2.75, 3.05) is 11.4 Å². The van der Waals surface area contributed by atoms with Gasteiger partial charge in [-0.2, -0.15) is 0 Å². The fourth-order valence-electron chi connectivity index (χ4n) is 2.16. The molecule has 0 aliphatic carbocycles. The van der Waals surface area contributed by atoms with E-state index < -0.39 is 0 Å². The van der Waals surface area contributed by atoms with E-state index in [0.29, 0.717) is 12.6 Å². The van der Waals surface area contributed by atoms with Gasteiger partial charge in [-0.1, -0.05) is 6.92 Å². The molecule has 15 heavy (non-hydrogen) atoms.